The molecule has 260 valence electrons. The Labute approximate surface area is 287 Å². The highest BCUT2D eigenvalue weighted by atomic mass is 35.5. The van der Waals surface area contributed by atoms with Gasteiger partial charge in [0.05, 0.1) is 52.3 Å². The third-order valence-corrected chi connectivity index (χ3v) is 9.71. The number of nitriles is 1. The molecule has 2 atom stereocenters. The molecule has 0 aliphatic carbocycles. The number of rotatable bonds is 5. The quantitative estimate of drug-likeness (QED) is 0.195. The number of nitrogens with zero attached hydrogens (tertiary/aromatic N) is 7. The fourth-order valence-corrected chi connectivity index (χ4v) is 7.24. The Morgan fingerprint density at radius 1 is 1.18 bits per heavy atom. The molecule has 0 radical (unpaired) electrons. The first-order chi connectivity index (χ1) is 23.0. The average Bonchev–Trinajstić information content (AvgIpc) is 3.41. The first-order valence-corrected chi connectivity index (χ1v) is 16.5. The van der Waals surface area contributed by atoms with Crippen molar-refractivity contribution in [2.24, 2.45) is 0 Å². The molecule has 14 heteroatoms. The van der Waals surface area contributed by atoms with E-state index >= 15 is 4.39 Å². The highest BCUT2D eigenvalue weighted by Crippen LogP contribution is 2.46. The minimum Gasteiger partial charge on any atom is -0.444 e. The Morgan fingerprint density at radius 3 is 2.53 bits per heavy atom. The third-order valence-electron chi connectivity index (χ3n) is 9.41. The van der Waals surface area contributed by atoms with Crippen molar-refractivity contribution in [3.8, 4) is 17.2 Å². The predicted octanol–water partition coefficient (Wildman–Crippen LogP) is 7.98. The highest BCUT2D eigenvalue weighted by molar-refractivity contribution is 6.35. The number of ether oxygens (including phenoxy) is 1. The van der Waals surface area contributed by atoms with Crippen LogP contribution in [0.15, 0.2) is 30.5 Å². The second-order valence-corrected chi connectivity index (χ2v) is 14.5. The molecule has 9 nitrogen and oxygen atoms in total. The fraction of sp³-hybridized carbons (Fsp3) is 0.486. The third kappa shape index (κ3) is 6.36. The number of aryl methyl sites for hydroxylation is 1. The van der Waals surface area contributed by atoms with Gasteiger partial charge in [-0.2, -0.15) is 23.5 Å². The van der Waals surface area contributed by atoms with E-state index in [9.17, 15) is 23.2 Å². The molecule has 2 aromatic carbocycles. The topological polar surface area (TPSA) is 90.5 Å². The number of carbonyl (C=O) groups is 1. The fourth-order valence-electron chi connectivity index (χ4n) is 6.94. The molecular weight excluding hydrogens is 662 g/mol. The maximum absolute atomic E-state index is 16.9. The number of fused-ring (bicyclic) bond motifs is 3. The Bertz CT molecular complexity index is 1980. The molecule has 4 heterocycles. The predicted molar refractivity (Wildman–Crippen MR) is 180 cm³/mol. The second kappa shape index (κ2) is 12.6. The van der Waals surface area contributed by atoms with Crippen LogP contribution in [-0.4, -0.2) is 82.1 Å². The number of alkyl halides is 3. The van der Waals surface area contributed by atoms with Gasteiger partial charge in [0.15, 0.2) is 5.82 Å². The Balaban J connectivity index is 1.52. The van der Waals surface area contributed by atoms with Crippen LogP contribution in [-0.2, 0) is 10.9 Å². The van der Waals surface area contributed by atoms with Crippen LogP contribution in [0.4, 0.5) is 28.2 Å². The van der Waals surface area contributed by atoms with E-state index in [0.717, 1.165) is 0 Å². The summed E-state index contributed by atoms with van der Waals surface area (Å²) >= 11 is 6.71. The summed E-state index contributed by atoms with van der Waals surface area (Å²) in [5.74, 6) is -0.486. The van der Waals surface area contributed by atoms with Gasteiger partial charge in [-0.1, -0.05) is 29.8 Å². The number of likely N-dealkylation sites (tertiary alicyclic amines) is 1. The molecule has 2 aromatic heterocycles. The number of likely N-dealkylation sites (N-methyl/N-ethyl adjacent to an activating group) is 1. The Kier molecular flexibility index (Phi) is 8.94. The average molecular weight is 700 g/mol. The molecule has 1 amide bonds. The largest absolute Gasteiger partial charge is 0.444 e. The summed E-state index contributed by atoms with van der Waals surface area (Å²) in [5.41, 5.74) is -2.04. The van der Waals surface area contributed by atoms with Crippen molar-refractivity contribution in [2.75, 3.05) is 38.6 Å². The van der Waals surface area contributed by atoms with E-state index in [1.165, 1.54) is 31.2 Å². The second-order valence-electron chi connectivity index (χ2n) is 14.1. The highest BCUT2D eigenvalue weighted by Gasteiger charge is 2.39. The molecule has 2 fully saturated rings. The van der Waals surface area contributed by atoms with Crippen molar-refractivity contribution in [1.82, 2.24) is 24.6 Å². The van der Waals surface area contributed by atoms with E-state index < -0.39 is 35.3 Å². The number of hydrogen-bond acceptors (Lipinski definition) is 7. The molecule has 2 aliphatic rings. The van der Waals surface area contributed by atoms with Crippen LogP contribution >= 0.6 is 11.6 Å². The van der Waals surface area contributed by atoms with E-state index in [2.05, 4.69) is 11.0 Å². The summed E-state index contributed by atoms with van der Waals surface area (Å²) in [7, 11) is 3.94. The summed E-state index contributed by atoms with van der Waals surface area (Å²) in [6.45, 7) is 8.19. The van der Waals surface area contributed by atoms with Crippen LogP contribution < -0.4 is 4.90 Å². The van der Waals surface area contributed by atoms with E-state index in [1.807, 2.05) is 19.0 Å². The molecule has 6 rings (SSSR count). The lowest BCUT2D eigenvalue weighted by molar-refractivity contribution is -0.137. The normalized spacial score (nSPS) is 19.1. The van der Waals surface area contributed by atoms with Crippen LogP contribution in [0.5, 0.6) is 0 Å². The van der Waals surface area contributed by atoms with Gasteiger partial charge in [0.2, 0.25) is 0 Å². The SMILES string of the molecule is Cc1cccc(-c2c(Cl)cc3c(nc(N4CC(N(C)C)C4)c4cnn([C@H]5CCN(C(=O)OC(C)(C)C)[C@H](CC#N)C5)c43)c2F)c1C(F)(F)F. The zero-order chi connectivity index (χ0) is 35.6. The lowest BCUT2D eigenvalue weighted by Crippen LogP contribution is -2.57. The summed E-state index contributed by atoms with van der Waals surface area (Å²) in [6, 6.07) is 7.12. The van der Waals surface area contributed by atoms with Crippen LogP contribution in [0.1, 0.15) is 57.2 Å². The number of benzene rings is 2. The lowest BCUT2D eigenvalue weighted by atomic mass is 9.93. The van der Waals surface area contributed by atoms with Crippen molar-refractivity contribution in [3.05, 3.63) is 52.4 Å². The van der Waals surface area contributed by atoms with Gasteiger partial charge in [-0.15, -0.1) is 0 Å². The molecule has 0 bridgehead atoms. The zero-order valence-corrected chi connectivity index (χ0v) is 29.0. The van der Waals surface area contributed by atoms with Crippen molar-refractivity contribution in [1.29, 1.82) is 5.26 Å². The summed E-state index contributed by atoms with van der Waals surface area (Å²) in [4.78, 5) is 23.5. The van der Waals surface area contributed by atoms with Gasteiger partial charge in [-0.05, 0) is 71.8 Å². The monoisotopic (exact) mass is 699 g/mol. The number of hydrogen-bond donors (Lipinski definition) is 0. The summed E-state index contributed by atoms with van der Waals surface area (Å²) in [5, 5.41) is 15.2. The van der Waals surface area contributed by atoms with Gasteiger partial charge < -0.3 is 19.4 Å². The molecule has 0 saturated carbocycles. The van der Waals surface area contributed by atoms with Gasteiger partial charge in [0.25, 0.3) is 0 Å². The molecule has 0 N–H and O–H groups in total. The zero-order valence-electron chi connectivity index (χ0n) is 28.2. The smallest absolute Gasteiger partial charge is 0.417 e. The van der Waals surface area contributed by atoms with Gasteiger partial charge in [0.1, 0.15) is 16.9 Å². The number of aromatic nitrogens is 3. The molecule has 2 saturated heterocycles. The van der Waals surface area contributed by atoms with Gasteiger partial charge >= 0.3 is 12.3 Å². The van der Waals surface area contributed by atoms with Crippen molar-refractivity contribution >= 4 is 45.3 Å². The molecule has 0 spiro atoms. The molecular formula is C35H38ClF4N7O2. The number of halogens is 5. The minimum absolute atomic E-state index is 0.0531. The van der Waals surface area contributed by atoms with Crippen molar-refractivity contribution < 1.29 is 27.1 Å². The van der Waals surface area contributed by atoms with E-state index in [1.54, 1.807) is 36.5 Å². The number of carbonyl (C=O) groups excluding carboxylic acids is 1. The van der Waals surface area contributed by atoms with E-state index in [0.29, 0.717) is 54.6 Å². The number of amides is 1. The first-order valence-electron chi connectivity index (χ1n) is 16.1. The molecule has 49 heavy (non-hydrogen) atoms. The van der Waals surface area contributed by atoms with Crippen molar-refractivity contribution in [3.63, 3.8) is 0 Å². The summed E-state index contributed by atoms with van der Waals surface area (Å²) < 4.78 is 67.2. The van der Waals surface area contributed by atoms with Gasteiger partial charge in [-0.25, -0.2) is 14.2 Å². The molecule has 4 aromatic rings. The minimum atomic E-state index is -4.75. The Hall–Kier alpha value is -4.15. The molecule has 0 unspecified atom stereocenters. The number of piperidine rings is 1. The van der Waals surface area contributed by atoms with Crippen LogP contribution in [0.25, 0.3) is 32.9 Å². The van der Waals surface area contributed by atoms with Crippen molar-refractivity contribution in [2.45, 2.75) is 76.9 Å². The lowest BCUT2D eigenvalue weighted by Gasteiger charge is -2.43. The number of pyridine rings is 1. The molecule has 2 aliphatic heterocycles. The van der Waals surface area contributed by atoms with Crippen LogP contribution in [0.2, 0.25) is 5.02 Å². The number of anilines is 1. The van der Waals surface area contributed by atoms with E-state index in [4.69, 9.17) is 26.4 Å². The maximum atomic E-state index is 16.9. The maximum Gasteiger partial charge on any atom is 0.417 e. The standard InChI is InChI=1S/C35H38ClF4N7O2/c1-19-8-7-9-23(28(19)35(38,39)40)27-26(36)15-24-30(29(27)37)43-32(45-17-22(18-45)44(5)6)25-16-42-47(31(24)25)21-11-13-46(20(14-21)10-12-41)33(48)49-34(2,3)4/h7-9,15-16,20-22H,10-11,13-14,17-18H2,1-6H3/t20-,21+/m1/s1. The van der Waals surface area contributed by atoms with Crippen LogP contribution in [0.3, 0.4) is 0 Å². The van der Waals surface area contributed by atoms with Gasteiger partial charge in [0, 0.05) is 36.6 Å². The Morgan fingerprint density at radius 2 is 1.90 bits per heavy atom. The van der Waals surface area contributed by atoms with Crippen LogP contribution in [0, 0.1) is 24.1 Å². The first kappa shape index (κ1) is 34.7. The van der Waals surface area contributed by atoms with E-state index in [-0.39, 0.29) is 45.7 Å². The summed E-state index contributed by atoms with van der Waals surface area (Å²) in [6.07, 6.45) is -2.67. The van der Waals surface area contributed by atoms with Gasteiger partial charge in [-0.3, -0.25) is 4.68 Å².